The average molecular weight is 172 g/mol. The molecule has 0 aromatic carbocycles. The molecule has 0 atom stereocenters. The summed E-state index contributed by atoms with van der Waals surface area (Å²) in [4.78, 5) is 11.8. The van der Waals surface area contributed by atoms with Gasteiger partial charge in [-0.3, -0.25) is 4.98 Å². The van der Waals surface area contributed by atoms with Crippen LogP contribution in [0.15, 0.2) is 37.2 Å². The summed E-state index contributed by atoms with van der Waals surface area (Å²) in [5.74, 6) is 0. The first-order valence-corrected chi connectivity index (χ1v) is 3.82. The lowest BCUT2D eigenvalue weighted by atomic mass is 10.1. The van der Waals surface area contributed by atoms with Crippen LogP contribution in [0, 0.1) is 0 Å². The Morgan fingerprint density at radius 3 is 2.23 bits per heavy atom. The number of nitrogen functional groups attached to an aromatic ring is 1. The highest BCUT2D eigenvalue weighted by molar-refractivity contribution is 5.63. The number of nitrogens with zero attached hydrogens (tertiary/aromatic N) is 3. The molecule has 4 heteroatoms. The predicted octanol–water partition coefficient (Wildman–Crippen LogP) is 1.12. The standard InChI is InChI=1S/C9H8N4/c10-9-1-7(2-11-5-9)8-3-12-6-13-4-8/h1-6H,10H2. The Morgan fingerprint density at radius 1 is 0.846 bits per heavy atom. The maximum absolute atomic E-state index is 5.59. The topological polar surface area (TPSA) is 64.7 Å². The zero-order valence-corrected chi connectivity index (χ0v) is 6.88. The Labute approximate surface area is 75.5 Å². The minimum atomic E-state index is 0.640. The van der Waals surface area contributed by atoms with Crippen molar-refractivity contribution >= 4 is 5.69 Å². The minimum Gasteiger partial charge on any atom is -0.397 e. The third kappa shape index (κ3) is 1.61. The molecule has 0 saturated carbocycles. The summed E-state index contributed by atoms with van der Waals surface area (Å²) in [7, 11) is 0. The summed E-state index contributed by atoms with van der Waals surface area (Å²) >= 11 is 0. The monoisotopic (exact) mass is 172 g/mol. The zero-order chi connectivity index (χ0) is 9.10. The SMILES string of the molecule is Nc1cncc(-c2cncnc2)c1. The van der Waals surface area contributed by atoms with Crippen LogP contribution >= 0.6 is 0 Å². The van der Waals surface area contributed by atoms with Gasteiger partial charge in [0.25, 0.3) is 0 Å². The van der Waals surface area contributed by atoms with Gasteiger partial charge in [0.1, 0.15) is 6.33 Å². The van der Waals surface area contributed by atoms with Gasteiger partial charge in [0.05, 0.1) is 5.69 Å². The first-order chi connectivity index (χ1) is 6.36. The molecule has 0 spiro atoms. The van der Waals surface area contributed by atoms with Crippen LogP contribution in [0.2, 0.25) is 0 Å². The van der Waals surface area contributed by atoms with E-state index in [1.54, 1.807) is 24.8 Å². The van der Waals surface area contributed by atoms with Crippen molar-refractivity contribution in [3.05, 3.63) is 37.2 Å². The first-order valence-electron chi connectivity index (χ1n) is 3.82. The number of rotatable bonds is 1. The molecule has 0 amide bonds. The molecule has 2 aromatic rings. The van der Waals surface area contributed by atoms with Crippen LogP contribution in [0.4, 0.5) is 5.69 Å². The third-order valence-electron chi connectivity index (χ3n) is 1.65. The number of nitrogens with two attached hydrogens (primary N) is 1. The van der Waals surface area contributed by atoms with Gasteiger partial charge in [0.15, 0.2) is 0 Å². The second kappa shape index (κ2) is 3.18. The first kappa shape index (κ1) is 7.67. The van der Waals surface area contributed by atoms with Gasteiger partial charge in [0.2, 0.25) is 0 Å². The van der Waals surface area contributed by atoms with Crippen LogP contribution in [0.3, 0.4) is 0 Å². The molecule has 2 heterocycles. The Hall–Kier alpha value is -1.97. The fraction of sp³-hybridized carbons (Fsp3) is 0. The summed E-state index contributed by atoms with van der Waals surface area (Å²) in [6.45, 7) is 0. The lowest BCUT2D eigenvalue weighted by Crippen LogP contribution is -1.88. The normalized spacial score (nSPS) is 9.85. The van der Waals surface area contributed by atoms with Crippen LogP contribution in [0.5, 0.6) is 0 Å². The van der Waals surface area contributed by atoms with Crippen LogP contribution < -0.4 is 5.73 Å². The molecule has 0 unspecified atom stereocenters. The summed E-state index contributed by atoms with van der Waals surface area (Å²) in [6, 6.07) is 1.84. The molecule has 4 nitrogen and oxygen atoms in total. The molecular weight excluding hydrogens is 164 g/mol. The van der Waals surface area contributed by atoms with Crippen molar-refractivity contribution in [3.63, 3.8) is 0 Å². The van der Waals surface area contributed by atoms with Crippen LogP contribution in [-0.2, 0) is 0 Å². The van der Waals surface area contributed by atoms with Crippen molar-refractivity contribution in [1.82, 2.24) is 15.0 Å². The molecule has 0 fully saturated rings. The summed E-state index contributed by atoms with van der Waals surface area (Å²) in [6.07, 6.45) is 8.28. The highest BCUT2D eigenvalue weighted by atomic mass is 14.8. The van der Waals surface area contributed by atoms with Crippen molar-refractivity contribution in [2.24, 2.45) is 0 Å². The molecule has 2 N–H and O–H groups in total. The molecule has 64 valence electrons. The Morgan fingerprint density at radius 2 is 1.54 bits per heavy atom. The van der Waals surface area contributed by atoms with Gasteiger partial charge in [-0.1, -0.05) is 0 Å². The zero-order valence-electron chi connectivity index (χ0n) is 6.88. The van der Waals surface area contributed by atoms with Crippen molar-refractivity contribution in [2.45, 2.75) is 0 Å². The smallest absolute Gasteiger partial charge is 0.115 e. The van der Waals surface area contributed by atoms with Gasteiger partial charge in [0, 0.05) is 35.9 Å². The van der Waals surface area contributed by atoms with Gasteiger partial charge >= 0.3 is 0 Å². The summed E-state index contributed by atoms with van der Waals surface area (Å²) in [5.41, 5.74) is 8.08. The maximum atomic E-state index is 5.59. The molecule has 0 aliphatic carbocycles. The van der Waals surface area contributed by atoms with E-state index in [0.717, 1.165) is 11.1 Å². The van der Waals surface area contributed by atoms with E-state index < -0.39 is 0 Å². The second-order valence-corrected chi connectivity index (χ2v) is 2.63. The van der Waals surface area contributed by atoms with E-state index in [-0.39, 0.29) is 0 Å². The van der Waals surface area contributed by atoms with Gasteiger partial charge in [-0.2, -0.15) is 0 Å². The van der Waals surface area contributed by atoms with E-state index in [4.69, 9.17) is 5.73 Å². The molecule has 0 saturated heterocycles. The number of hydrogen-bond donors (Lipinski definition) is 1. The fourth-order valence-corrected chi connectivity index (χ4v) is 1.06. The van der Waals surface area contributed by atoms with Crippen LogP contribution in [0.25, 0.3) is 11.1 Å². The number of aromatic nitrogens is 3. The molecule has 2 aromatic heterocycles. The van der Waals surface area contributed by atoms with Gasteiger partial charge in [-0.25, -0.2) is 9.97 Å². The fourth-order valence-electron chi connectivity index (χ4n) is 1.06. The van der Waals surface area contributed by atoms with Gasteiger partial charge < -0.3 is 5.73 Å². The molecule has 2 rings (SSSR count). The highest BCUT2D eigenvalue weighted by Gasteiger charge is 1.97. The highest BCUT2D eigenvalue weighted by Crippen LogP contribution is 2.17. The van der Waals surface area contributed by atoms with E-state index in [9.17, 15) is 0 Å². The van der Waals surface area contributed by atoms with Crippen LogP contribution in [0.1, 0.15) is 0 Å². The van der Waals surface area contributed by atoms with E-state index in [2.05, 4.69) is 15.0 Å². The Kier molecular flexibility index (Phi) is 1.88. The van der Waals surface area contributed by atoms with E-state index in [0.29, 0.717) is 5.69 Å². The van der Waals surface area contributed by atoms with Crippen LogP contribution in [-0.4, -0.2) is 15.0 Å². The summed E-state index contributed by atoms with van der Waals surface area (Å²) < 4.78 is 0. The molecular formula is C9H8N4. The third-order valence-corrected chi connectivity index (χ3v) is 1.65. The predicted molar refractivity (Wildman–Crippen MR) is 49.7 cm³/mol. The van der Waals surface area contributed by atoms with Crippen molar-refractivity contribution in [1.29, 1.82) is 0 Å². The van der Waals surface area contributed by atoms with Gasteiger partial charge in [-0.15, -0.1) is 0 Å². The molecule has 0 radical (unpaired) electrons. The quantitative estimate of drug-likeness (QED) is 0.700. The van der Waals surface area contributed by atoms with Gasteiger partial charge in [-0.05, 0) is 6.07 Å². The van der Waals surface area contributed by atoms with Crippen molar-refractivity contribution < 1.29 is 0 Å². The lowest BCUT2D eigenvalue weighted by molar-refractivity contribution is 1.17. The van der Waals surface area contributed by atoms with Crippen molar-refractivity contribution in [2.75, 3.05) is 5.73 Å². The number of hydrogen-bond acceptors (Lipinski definition) is 4. The Bertz CT molecular complexity index is 399. The number of pyridine rings is 1. The van der Waals surface area contributed by atoms with Crippen molar-refractivity contribution in [3.8, 4) is 11.1 Å². The maximum Gasteiger partial charge on any atom is 0.115 e. The lowest BCUT2D eigenvalue weighted by Gasteiger charge is -1.99. The van der Waals surface area contributed by atoms with E-state index in [1.807, 2.05) is 6.07 Å². The molecule has 0 bridgehead atoms. The molecule has 0 aliphatic heterocycles. The molecule has 0 aliphatic rings. The van der Waals surface area contributed by atoms with E-state index in [1.165, 1.54) is 6.33 Å². The largest absolute Gasteiger partial charge is 0.397 e. The van der Waals surface area contributed by atoms with E-state index >= 15 is 0 Å². The average Bonchev–Trinajstić information content (AvgIpc) is 2.19. The Balaban J connectivity index is 2.48. The number of anilines is 1. The summed E-state index contributed by atoms with van der Waals surface area (Å²) in [5, 5.41) is 0. The second-order valence-electron chi connectivity index (χ2n) is 2.63. The minimum absolute atomic E-state index is 0.640. The molecule has 13 heavy (non-hydrogen) atoms.